The second-order valence-corrected chi connectivity index (χ2v) is 7.73. The molecule has 132 valence electrons. The van der Waals surface area contributed by atoms with Crippen LogP contribution in [0.5, 0.6) is 0 Å². The standard InChI is InChI=1S/C7H12F2O3S.C6H10F2O/c1-13(10,11)12-3-2-6-4-7(8,9)5-6;7-6(8)3-5(4-6)1-2-9/h6H,2-5H2,1H3;5,9H,1-4H2. The Kier molecular flexibility index (Phi) is 6.64. The van der Waals surface area contributed by atoms with E-state index >= 15 is 0 Å². The molecule has 0 radical (unpaired) electrons. The molecule has 2 fully saturated rings. The number of hydrogen-bond acceptors (Lipinski definition) is 4. The lowest BCUT2D eigenvalue weighted by molar-refractivity contribution is -0.114. The summed E-state index contributed by atoms with van der Waals surface area (Å²) in [4.78, 5) is 0. The highest BCUT2D eigenvalue weighted by Crippen LogP contribution is 2.44. The van der Waals surface area contributed by atoms with Crippen LogP contribution in [0.3, 0.4) is 0 Å². The fourth-order valence-corrected chi connectivity index (χ4v) is 2.93. The molecular formula is C13H22F4O4S. The van der Waals surface area contributed by atoms with Gasteiger partial charge in [-0.2, -0.15) is 8.42 Å². The quantitative estimate of drug-likeness (QED) is 0.591. The van der Waals surface area contributed by atoms with Crippen molar-refractivity contribution in [1.29, 1.82) is 0 Å². The van der Waals surface area contributed by atoms with Crippen LogP contribution < -0.4 is 0 Å². The number of hydrogen-bond donors (Lipinski definition) is 1. The topological polar surface area (TPSA) is 63.6 Å². The first-order chi connectivity index (χ1) is 9.92. The lowest BCUT2D eigenvalue weighted by Gasteiger charge is -2.34. The van der Waals surface area contributed by atoms with Gasteiger partial charge in [0.05, 0.1) is 12.9 Å². The molecule has 22 heavy (non-hydrogen) atoms. The monoisotopic (exact) mass is 350 g/mol. The predicted molar refractivity (Wildman–Crippen MR) is 72.5 cm³/mol. The molecule has 2 aliphatic carbocycles. The molecule has 0 aromatic rings. The molecule has 0 aliphatic heterocycles. The Labute approximate surface area is 128 Å². The van der Waals surface area contributed by atoms with Gasteiger partial charge in [-0.05, 0) is 24.7 Å². The summed E-state index contributed by atoms with van der Waals surface area (Å²) in [5.41, 5.74) is 0. The van der Waals surface area contributed by atoms with E-state index < -0.39 is 22.0 Å². The Bertz CT molecular complexity index is 437. The van der Waals surface area contributed by atoms with Crippen molar-refractivity contribution in [2.24, 2.45) is 11.8 Å². The molecule has 0 aromatic carbocycles. The Morgan fingerprint density at radius 2 is 1.41 bits per heavy atom. The van der Waals surface area contributed by atoms with Crippen LogP contribution in [0.25, 0.3) is 0 Å². The second kappa shape index (κ2) is 7.44. The molecule has 2 aliphatic rings. The zero-order valence-electron chi connectivity index (χ0n) is 12.4. The van der Waals surface area contributed by atoms with Gasteiger partial charge in [0.15, 0.2) is 0 Å². The number of alkyl halides is 4. The average Bonchev–Trinajstić information content (AvgIpc) is 2.23. The maximum Gasteiger partial charge on any atom is 0.264 e. The Balaban J connectivity index is 0.000000235. The van der Waals surface area contributed by atoms with Gasteiger partial charge in [0.2, 0.25) is 11.8 Å². The SMILES string of the molecule is CS(=O)(=O)OCCC1CC(F)(F)C1.OCCC1CC(F)(F)C1. The van der Waals surface area contributed by atoms with Crippen molar-refractivity contribution in [1.82, 2.24) is 0 Å². The summed E-state index contributed by atoms with van der Waals surface area (Å²) in [6, 6.07) is 0. The summed E-state index contributed by atoms with van der Waals surface area (Å²) in [6.07, 6.45) is 1.56. The average molecular weight is 350 g/mol. The zero-order chi connectivity index (χ0) is 17.0. The largest absolute Gasteiger partial charge is 0.396 e. The summed E-state index contributed by atoms with van der Waals surface area (Å²) in [6.45, 7) is 0.0559. The van der Waals surface area contributed by atoms with E-state index in [0.717, 1.165) is 6.26 Å². The molecule has 1 N–H and O–H groups in total. The Hall–Kier alpha value is -0.410. The van der Waals surface area contributed by atoms with Crippen LogP contribution in [0.2, 0.25) is 0 Å². The molecule has 0 heterocycles. The van der Waals surface area contributed by atoms with Gasteiger partial charge in [0, 0.05) is 32.3 Å². The molecule has 0 atom stereocenters. The van der Waals surface area contributed by atoms with Gasteiger partial charge in [-0.1, -0.05) is 0 Å². The maximum atomic E-state index is 12.3. The van der Waals surface area contributed by atoms with Crippen molar-refractivity contribution < 1.29 is 35.3 Å². The number of aliphatic hydroxyl groups excluding tert-OH is 1. The van der Waals surface area contributed by atoms with E-state index in [2.05, 4.69) is 4.18 Å². The van der Waals surface area contributed by atoms with Gasteiger partial charge in [-0.25, -0.2) is 17.6 Å². The van der Waals surface area contributed by atoms with Crippen molar-refractivity contribution in [2.45, 2.75) is 50.4 Å². The van der Waals surface area contributed by atoms with Crippen LogP contribution in [-0.4, -0.2) is 44.8 Å². The molecule has 2 rings (SSSR count). The van der Waals surface area contributed by atoms with Crippen molar-refractivity contribution in [3.8, 4) is 0 Å². The Morgan fingerprint density at radius 3 is 1.73 bits per heavy atom. The van der Waals surface area contributed by atoms with Crippen LogP contribution in [0, 0.1) is 11.8 Å². The number of aliphatic hydroxyl groups is 1. The van der Waals surface area contributed by atoms with Gasteiger partial charge in [0.25, 0.3) is 10.1 Å². The third-order valence-corrected chi connectivity index (χ3v) is 4.30. The summed E-state index contributed by atoms with van der Waals surface area (Å²) < 4.78 is 74.0. The van der Waals surface area contributed by atoms with Gasteiger partial charge >= 0.3 is 0 Å². The summed E-state index contributed by atoms with van der Waals surface area (Å²) in [5.74, 6) is -4.96. The lowest BCUT2D eigenvalue weighted by Crippen LogP contribution is -2.35. The van der Waals surface area contributed by atoms with Crippen LogP contribution in [-0.2, 0) is 14.3 Å². The minimum Gasteiger partial charge on any atom is -0.396 e. The first-order valence-corrected chi connectivity index (χ1v) is 8.95. The van der Waals surface area contributed by atoms with E-state index in [4.69, 9.17) is 5.11 Å². The highest BCUT2D eigenvalue weighted by atomic mass is 32.2. The minimum absolute atomic E-state index is 0.0135. The van der Waals surface area contributed by atoms with E-state index in [1.165, 1.54) is 0 Å². The molecule has 9 heteroatoms. The normalized spacial score (nSPS) is 23.9. The molecule has 0 spiro atoms. The highest BCUT2D eigenvalue weighted by Gasteiger charge is 2.45. The molecule has 0 saturated heterocycles. The molecular weight excluding hydrogens is 328 g/mol. The summed E-state index contributed by atoms with van der Waals surface area (Å²) >= 11 is 0. The highest BCUT2D eigenvalue weighted by molar-refractivity contribution is 7.85. The number of rotatable bonds is 6. The second-order valence-electron chi connectivity index (χ2n) is 6.09. The Morgan fingerprint density at radius 1 is 1.00 bits per heavy atom. The first kappa shape index (κ1) is 19.6. The molecule has 4 nitrogen and oxygen atoms in total. The van der Waals surface area contributed by atoms with E-state index in [9.17, 15) is 26.0 Å². The zero-order valence-corrected chi connectivity index (χ0v) is 13.2. The summed E-state index contributed by atoms with van der Waals surface area (Å²) in [5, 5.41) is 8.33. The lowest BCUT2D eigenvalue weighted by atomic mass is 9.79. The van der Waals surface area contributed by atoms with Crippen molar-refractivity contribution in [3.05, 3.63) is 0 Å². The fraction of sp³-hybridized carbons (Fsp3) is 1.00. The van der Waals surface area contributed by atoms with E-state index in [-0.39, 0.29) is 50.7 Å². The van der Waals surface area contributed by atoms with E-state index in [0.29, 0.717) is 12.8 Å². The van der Waals surface area contributed by atoms with E-state index in [1.807, 2.05) is 0 Å². The molecule has 0 aromatic heterocycles. The number of halogens is 4. The van der Waals surface area contributed by atoms with E-state index in [1.54, 1.807) is 0 Å². The fourth-order valence-electron chi connectivity index (χ4n) is 2.53. The van der Waals surface area contributed by atoms with Gasteiger partial charge < -0.3 is 5.11 Å². The van der Waals surface area contributed by atoms with Gasteiger partial charge in [0.1, 0.15) is 0 Å². The van der Waals surface area contributed by atoms with Crippen LogP contribution in [0.4, 0.5) is 17.6 Å². The first-order valence-electron chi connectivity index (χ1n) is 7.13. The van der Waals surface area contributed by atoms with Gasteiger partial charge in [-0.3, -0.25) is 4.18 Å². The molecule has 2 saturated carbocycles. The van der Waals surface area contributed by atoms with Gasteiger partial charge in [-0.15, -0.1) is 0 Å². The predicted octanol–water partition coefficient (Wildman–Crippen LogP) is 2.81. The third kappa shape index (κ3) is 7.73. The molecule has 0 unspecified atom stereocenters. The van der Waals surface area contributed by atoms with Crippen LogP contribution >= 0.6 is 0 Å². The smallest absolute Gasteiger partial charge is 0.264 e. The van der Waals surface area contributed by atoms with Crippen molar-refractivity contribution >= 4 is 10.1 Å². The van der Waals surface area contributed by atoms with Crippen LogP contribution in [0.15, 0.2) is 0 Å². The molecule has 0 amide bonds. The van der Waals surface area contributed by atoms with Crippen molar-refractivity contribution in [3.63, 3.8) is 0 Å². The third-order valence-electron chi connectivity index (χ3n) is 3.71. The van der Waals surface area contributed by atoms with Crippen molar-refractivity contribution in [2.75, 3.05) is 19.5 Å². The minimum atomic E-state index is -3.42. The molecule has 0 bridgehead atoms. The summed E-state index contributed by atoms with van der Waals surface area (Å²) in [7, 11) is -3.42. The van der Waals surface area contributed by atoms with Crippen LogP contribution in [0.1, 0.15) is 38.5 Å². The maximum absolute atomic E-state index is 12.3.